The number of amides is 3. The van der Waals surface area contributed by atoms with Crippen LogP contribution in [0, 0.1) is 0 Å². The summed E-state index contributed by atoms with van der Waals surface area (Å²) in [5.41, 5.74) is 0.893. The van der Waals surface area contributed by atoms with Gasteiger partial charge in [-0.05, 0) is 18.6 Å². The van der Waals surface area contributed by atoms with Gasteiger partial charge in [0.05, 0.1) is 0 Å². The molecular formula is C13H16N4O3. The van der Waals surface area contributed by atoms with Crippen molar-refractivity contribution in [2.45, 2.75) is 18.9 Å². The number of pyridine rings is 1. The van der Waals surface area contributed by atoms with Crippen LogP contribution in [0.2, 0.25) is 0 Å². The van der Waals surface area contributed by atoms with Gasteiger partial charge in [-0.1, -0.05) is 0 Å². The number of nitrogens with one attached hydrogen (secondary N) is 2. The van der Waals surface area contributed by atoms with E-state index in [1.807, 2.05) is 0 Å². The van der Waals surface area contributed by atoms with E-state index in [4.69, 9.17) is 0 Å². The second-order valence-corrected chi connectivity index (χ2v) is 4.54. The molecule has 1 aliphatic rings. The highest BCUT2D eigenvalue weighted by Crippen LogP contribution is 2.17. The summed E-state index contributed by atoms with van der Waals surface area (Å²) in [5.74, 6) is -0.732. The smallest absolute Gasteiger partial charge is 0.269 e. The molecule has 1 unspecified atom stereocenters. The van der Waals surface area contributed by atoms with Crippen LogP contribution in [-0.4, -0.2) is 47.7 Å². The summed E-state index contributed by atoms with van der Waals surface area (Å²) in [6.45, 7) is 0. The average Bonchev–Trinajstić information content (AvgIpc) is 2.47. The van der Waals surface area contributed by atoms with Crippen molar-refractivity contribution in [3.8, 4) is 0 Å². The van der Waals surface area contributed by atoms with Crippen LogP contribution in [0.25, 0.3) is 0 Å². The van der Waals surface area contributed by atoms with Crippen molar-refractivity contribution in [2.75, 3.05) is 19.4 Å². The maximum absolute atomic E-state index is 12.0. The van der Waals surface area contributed by atoms with Gasteiger partial charge in [-0.15, -0.1) is 0 Å². The molecule has 0 saturated carbocycles. The number of rotatable bonds is 3. The van der Waals surface area contributed by atoms with Crippen LogP contribution in [0.5, 0.6) is 0 Å². The Morgan fingerprint density at radius 3 is 2.90 bits per heavy atom. The highest BCUT2D eigenvalue weighted by Gasteiger charge is 2.31. The summed E-state index contributed by atoms with van der Waals surface area (Å²) >= 11 is 0. The molecule has 1 aliphatic heterocycles. The minimum atomic E-state index is -0.461. The zero-order valence-corrected chi connectivity index (χ0v) is 11.3. The summed E-state index contributed by atoms with van der Waals surface area (Å²) in [6.07, 6.45) is 2.27. The van der Waals surface area contributed by atoms with Crippen LogP contribution in [0.1, 0.15) is 23.3 Å². The molecule has 0 spiro atoms. The van der Waals surface area contributed by atoms with E-state index in [1.165, 1.54) is 20.3 Å². The van der Waals surface area contributed by atoms with E-state index in [9.17, 15) is 14.4 Å². The highest BCUT2D eigenvalue weighted by atomic mass is 16.2. The summed E-state index contributed by atoms with van der Waals surface area (Å²) in [7, 11) is 3.00. The third-order valence-corrected chi connectivity index (χ3v) is 3.21. The Morgan fingerprint density at radius 1 is 1.45 bits per heavy atom. The minimum Gasteiger partial charge on any atom is -0.374 e. The van der Waals surface area contributed by atoms with E-state index in [1.54, 1.807) is 12.1 Å². The minimum absolute atomic E-state index is 0.172. The molecule has 3 amide bonds. The van der Waals surface area contributed by atoms with Gasteiger partial charge in [0, 0.05) is 32.4 Å². The molecule has 2 N–H and O–H groups in total. The summed E-state index contributed by atoms with van der Waals surface area (Å²) in [4.78, 5) is 39.9. The lowest BCUT2D eigenvalue weighted by molar-refractivity contribution is -0.146. The predicted octanol–water partition coefficient (Wildman–Crippen LogP) is 0.000500. The van der Waals surface area contributed by atoms with Gasteiger partial charge in [-0.3, -0.25) is 24.3 Å². The number of carbonyl (C=O) groups excluding carboxylic acids is 3. The van der Waals surface area contributed by atoms with Crippen LogP contribution < -0.4 is 10.6 Å². The van der Waals surface area contributed by atoms with Gasteiger partial charge in [0.1, 0.15) is 11.7 Å². The van der Waals surface area contributed by atoms with Gasteiger partial charge in [0.25, 0.3) is 11.8 Å². The van der Waals surface area contributed by atoms with Crippen LogP contribution >= 0.6 is 0 Å². The van der Waals surface area contributed by atoms with Crippen LogP contribution in [0.4, 0.5) is 5.69 Å². The number of nitrogens with zero attached hydrogens (tertiary/aromatic N) is 2. The molecule has 1 aromatic rings. The quantitative estimate of drug-likeness (QED) is 0.758. The van der Waals surface area contributed by atoms with Crippen molar-refractivity contribution in [1.82, 2.24) is 15.2 Å². The lowest BCUT2D eigenvalue weighted by Gasteiger charge is -2.28. The molecule has 2 rings (SSSR count). The van der Waals surface area contributed by atoms with E-state index < -0.39 is 6.04 Å². The second kappa shape index (κ2) is 5.68. The SMILES string of the molecule is CNC(=O)c1cc(NC2CCC(=O)N(C)C2=O)ccn1. The molecule has 1 atom stereocenters. The van der Waals surface area contributed by atoms with Crippen molar-refractivity contribution in [1.29, 1.82) is 0 Å². The molecule has 0 aromatic carbocycles. The van der Waals surface area contributed by atoms with Crippen LogP contribution in [0.15, 0.2) is 18.3 Å². The first-order valence-electron chi connectivity index (χ1n) is 6.28. The largest absolute Gasteiger partial charge is 0.374 e. The lowest BCUT2D eigenvalue weighted by Crippen LogP contribution is -2.48. The van der Waals surface area contributed by atoms with Crippen LogP contribution in [0.3, 0.4) is 0 Å². The number of likely N-dealkylation sites (tertiary alicyclic amines) is 1. The number of hydrogen-bond acceptors (Lipinski definition) is 5. The zero-order valence-electron chi connectivity index (χ0n) is 11.3. The second-order valence-electron chi connectivity index (χ2n) is 4.54. The van der Waals surface area contributed by atoms with Crippen molar-refractivity contribution in [3.05, 3.63) is 24.0 Å². The van der Waals surface area contributed by atoms with Crippen molar-refractivity contribution >= 4 is 23.4 Å². The molecule has 7 heteroatoms. The number of aromatic nitrogens is 1. The van der Waals surface area contributed by atoms with E-state index in [2.05, 4.69) is 15.6 Å². The first kappa shape index (κ1) is 14.0. The molecule has 7 nitrogen and oxygen atoms in total. The Morgan fingerprint density at radius 2 is 2.20 bits per heavy atom. The topological polar surface area (TPSA) is 91.4 Å². The maximum Gasteiger partial charge on any atom is 0.269 e. The monoisotopic (exact) mass is 276 g/mol. The van der Waals surface area contributed by atoms with Gasteiger partial charge < -0.3 is 10.6 Å². The van der Waals surface area contributed by atoms with E-state index >= 15 is 0 Å². The maximum atomic E-state index is 12.0. The number of hydrogen-bond donors (Lipinski definition) is 2. The van der Waals surface area contributed by atoms with Gasteiger partial charge in [0.15, 0.2) is 0 Å². The molecule has 1 fully saturated rings. The molecule has 0 bridgehead atoms. The van der Waals surface area contributed by atoms with E-state index in [0.29, 0.717) is 18.5 Å². The zero-order chi connectivity index (χ0) is 14.7. The Hall–Kier alpha value is -2.44. The molecule has 1 aromatic heterocycles. The number of carbonyl (C=O) groups is 3. The van der Waals surface area contributed by atoms with Crippen molar-refractivity contribution < 1.29 is 14.4 Å². The van der Waals surface area contributed by atoms with E-state index in [0.717, 1.165) is 4.90 Å². The number of likely N-dealkylation sites (N-methyl/N-ethyl adjacent to an activating group) is 1. The van der Waals surface area contributed by atoms with Crippen LogP contribution in [-0.2, 0) is 9.59 Å². The van der Waals surface area contributed by atoms with Gasteiger partial charge >= 0.3 is 0 Å². The Kier molecular flexibility index (Phi) is 3.97. The number of anilines is 1. The fraction of sp³-hybridized carbons (Fsp3) is 0.385. The third kappa shape index (κ3) is 2.76. The standard InChI is InChI=1S/C13H16N4O3/c1-14-12(19)10-7-8(5-6-15-10)16-9-3-4-11(18)17(2)13(9)20/h5-7,9H,3-4H2,1-2H3,(H,14,19)(H,15,16). The molecule has 20 heavy (non-hydrogen) atoms. The summed E-state index contributed by atoms with van der Waals surface area (Å²) < 4.78 is 0. The van der Waals surface area contributed by atoms with Gasteiger partial charge in [0.2, 0.25) is 5.91 Å². The molecule has 2 heterocycles. The van der Waals surface area contributed by atoms with Crippen molar-refractivity contribution in [3.63, 3.8) is 0 Å². The Bertz CT molecular complexity index is 558. The number of piperidine rings is 1. The fourth-order valence-electron chi connectivity index (χ4n) is 2.02. The third-order valence-electron chi connectivity index (χ3n) is 3.21. The Balaban J connectivity index is 2.12. The molecule has 1 saturated heterocycles. The van der Waals surface area contributed by atoms with Gasteiger partial charge in [-0.25, -0.2) is 0 Å². The average molecular weight is 276 g/mol. The predicted molar refractivity (Wildman–Crippen MR) is 72.0 cm³/mol. The lowest BCUT2D eigenvalue weighted by atomic mass is 10.0. The van der Waals surface area contributed by atoms with E-state index in [-0.39, 0.29) is 23.4 Å². The normalized spacial score (nSPS) is 18.9. The molecule has 0 radical (unpaired) electrons. The Labute approximate surface area is 116 Å². The molecule has 0 aliphatic carbocycles. The highest BCUT2D eigenvalue weighted by molar-refractivity contribution is 6.01. The first-order valence-corrected chi connectivity index (χ1v) is 6.28. The van der Waals surface area contributed by atoms with Crippen molar-refractivity contribution in [2.24, 2.45) is 0 Å². The number of imide groups is 1. The summed E-state index contributed by atoms with van der Waals surface area (Å²) in [6, 6.07) is 2.79. The van der Waals surface area contributed by atoms with Gasteiger partial charge in [-0.2, -0.15) is 0 Å². The summed E-state index contributed by atoms with van der Waals surface area (Å²) in [5, 5.41) is 5.52. The molecule has 106 valence electrons. The molecular weight excluding hydrogens is 260 g/mol. The first-order chi connectivity index (χ1) is 9.52. The fourth-order valence-corrected chi connectivity index (χ4v) is 2.02.